The molecule has 16 heavy (non-hydrogen) atoms. The molecule has 0 unspecified atom stereocenters. The molecule has 2 N–H and O–H groups in total. The van der Waals surface area contributed by atoms with Crippen molar-refractivity contribution in [2.45, 2.75) is 13.5 Å². The van der Waals surface area contributed by atoms with E-state index in [4.69, 9.17) is 10.2 Å². The highest BCUT2D eigenvalue weighted by molar-refractivity contribution is 5.74. The minimum atomic E-state index is -0.450. The number of fused-ring (bicyclic) bond motifs is 1. The van der Waals surface area contributed by atoms with E-state index >= 15 is 0 Å². The monoisotopic (exact) mass is 219 g/mol. The molecular formula is C11H13N3O2. The van der Waals surface area contributed by atoms with Gasteiger partial charge >= 0.3 is 6.03 Å². The van der Waals surface area contributed by atoms with E-state index in [9.17, 15) is 4.79 Å². The van der Waals surface area contributed by atoms with Gasteiger partial charge < -0.3 is 15.1 Å². The Morgan fingerprint density at radius 3 is 3.00 bits per heavy atom. The Kier molecular flexibility index (Phi) is 2.52. The summed E-state index contributed by atoms with van der Waals surface area (Å²) >= 11 is 0. The van der Waals surface area contributed by atoms with Crippen LogP contribution in [-0.4, -0.2) is 23.0 Å². The van der Waals surface area contributed by atoms with Crippen molar-refractivity contribution in [1.29, 1.82) is 0 Å². The highest BCUT2D eigenvalue weighted by atomic mass is 16.3. The van der Waals surface area contributed by atoms with Gasteiger partial charge in [0.05, 0.1) is 0 Å². The third-order valence-corrected chi connectivity index (χ3v) is 2.36. The van der Waals surface area contributed by atoms with Crippen LogP contribution < -0.4 is 5.73 Å². The predicted octanol–water partition coefficient (Wildman–Crippen LogP) is 1.65. The van der Waals surface area contributed by atoms with Crippen molar-refractivity contribution in [3.8, 4) is 0 Å². The first-order valence-electron chi connectivity index (χ1n) is 4.93. The van der Waals surface area contributed by atoms with Crippen molar-refractivity contribution < 1.29 is 9.21 Å². The second kappa shape index (κ2) is 3.84. The quantitative estimate of drug-likeness (QED) is 0.834. The molecule has 0 spiro atoms. The molecule has 0 aliphatic heterocycles. The maximum Gasteiger partial charge on any atom is 0.314 e. The number of aryl methyl sites for hydroxylation is 1. The number of oxazole rings is 1. The number of benzene rings is 1. The number of urea groups is 1. The fourth-order valence-corrected chi connectivity index (χ4v) is 1.53. The van der Waals surface area contributed by atoms with Gasteiger partial charge in [0.1, 0.15) is 5.52 Å². The van der Waals surface area contributed by atoms with Gasteiger partial charge in [-0.2, -0.15) is 0 Å². The van der Waals surface area contributed by atoms with E-state index < -0.39 is 6.03 Å². The van der Waals surface area contributed by atoms with E-state index in [0.717, 1.165) is 16.7 Å². The normalized spacial score (nSPS) is 10.6. The number of carbonyl (C=O) groups excluding carboxylic acids is 1. The highest BCUT2D eigenvalue weighted by Gasteiger charge is 2.07. The first kappa shape index (κ1) is 10.5. The van der Waals surface area contributed by atoms with Gasteiger partial charge in [-0.15, -0.1) is 0 Å². The average molecular weight is 219 g/mol. The molecule has 0 radical (unpaired) electrons. The van der Waals surface area contributed by atoms with E-state index in [-0.39, 0.29) is 0 Å². The van der Waals surface area contributed by atoms with Crippen molar-refractivity contribution in [2.24, 2.45) is 5.73 Å². The van der Waals surface area contributed by atoms with Crippen molar-refractivity contribution in [3.05, 3.63) is 29.7 Å². The number of carbonyl (C=O) groups is 1. The van der Waals surface area contributed by atoms with Crippen LogP contribution in [0.3, 0.4) is 0 Å². The Labute approximate surface area is 92.8 Å². The second-order valence-electron chi connectivity index (χ2n) is 3.73. The summed E-state index contributed by atoms with van der Waals surface area (Å²) in [5, 5.41) is 0. The number of hydrogen-bond donors (Lipinski definition) is 1. The molecule has 0 aliphatic carbocycles. The summed E-state index contributed by atoms with van der Waals surface area (Å²) in [6, 6.07) is 5.20. The number of rotatable bonds is 2. The van der Waals surface area contributed by atoms with Crippen molar-refractivity contribution in [1.82, 2.24) is 9.88 Å². The van der Waals surface area contributed by atoms with Crippen LogP contribution in [0.2, 0.25) is 0 Å². The summed E-state index contributed by atoms with van der Waals surface area (Å²) in [5.41, 5.74) is 7.67. The number of primary amides is 1. The third-order valence-electron chi connectivity index (χ3n) is 2.36. The van der Waals surface area contributed by atoms with Gasteiger partial charge in [0.25, 0.3) is 0 Å². The third kappa shape index (κ3) is 1.98. The van der Waals surface area contributed by atoms with Gasteiger partial charge in [-0.05, 0) is 17.7 Å². The zero-order chi connectivity index (χ0) is 11.7. The molecule has 2 aromatic rings. The van der Waals surface area contributed by atoms with Crippen LogP contribution in [0.25, 0.3) is 11.1 Å². The van der Waals surface area contributed by atoms with Crippen LogP contribution in [-0.2, 0) is 6.54 Å². The minimum absolute atomic E-state index is 0.450. The minimum Gasteiger partial charge on any atom is -0.441 e. The molecule has 1 aromatic carbocycles. The van der Waals surface area contributed by atoms with Crippen LogP contribution in [0.4, 0.5) is 4.79 Å². The lowest BCUT2D eigenvalue weighted by atomic mass is 10.2. The average Bonchev–Trinajstić information content (AvgIpc) is 2.57. The lowest BCUT2D eigenvalue weighted by Gasteiger charge is -2.13. The molecule has 5 heteroatoms. The Bertz CT molecular complexity index is 533. The van der Waals surface area contributed by atoms with Gasteiger partial charge in [0.15, 0.2) is 11.5 Å². The molecule has 2 rings (SSSR count). The van der Waals surface area contributed by atoms with Crippen LogP contribution in [0.5, 0.6) is 0 Å². The summed E-state index contributed by atoms with van der Waals surface area (Å²) in [7, 11) is 1.65. The van der Waals surface area contributed by atoms with Crippen LogP contribution >= 0.6 is 0 Å². The second-order valence-corrected chi connectivity index (χ2v) is 3.73. The van der Waals surface area contributed by atoms with Crippen molar-refractivity contribution in [2.75, 3.05) is 7.05 Å². The predicted molar refractivity (Wildman–Crippen MR) is 59.8 cm³/mol. The maximum absolute atomic E-state index is 10.9. The Hall–Kier alpha value is -2.04. The van der Waals surface area contributed by atoms with Gasteiger partial charge in [-0.1, -0.05) is 6.07 Å². The van der Waals surface area contributed by atoms with Crippen molar-refractivity contribution >= 4 is 17.1 Å². The molecule has 5 nitrogen and oxygen atoms in total. The molecule has 0 atom stereocenters. The summed E-state index contributed by atoms with van der Waals surface area (Å²) in [4.78, 5) is 16.5. The zero-order valence-corrected chi connectivity index (χ0v) is 9.23. The van der Waals surface area contributed by atoms with E-state index in [1.807, 2.05) is 18.2 Å². The molecular weight excluding hydrogens is 206 g/mol. The molecule has 2 amide bonds. The standard InChI is InChI=1S/C11H13N3O2/c1-7-13-9-4-3-8(5-10(9)16-7)6-14(2)11(12)15/h3-5H,6H2,1-2H3,(H2,12,15). The largest absolute Gasteiger partial charge is 0.441 e. The van der Waals surface area contributed by atoms with E-state index in [1.54, 1.807) is 14.0 Å². The number of amides is 2. The highest BCUT2D eigenvalue weighted by Crippen LogP contribution is 2.17. The SMILES string of the molecule is Cc1nc2ccc(CN(C)C(N)=O)cc2o1. The summed E-state index contributed by atoms with van der Waals surface area (Å²) in [6.45, 7) is 2.26. The Morgan fingerprint density at radius 2 is 2.31 bits per heavy atom. The topological polar surface area (TPSA) is 72.4 Å². The summed E-state index contributed by atoms with van der Waals surface area (Å²) < 4.78 is 5.40. The number of hydrogen-bond acceptors (Lipinski definition) is 3. The van der Waals surface area contributed by atoms with Gasteiger partial charge in [0, 0.05) is 20.5 Å². The first-order chi connectivity index (χ1) is 7.56. The summed E-state index contributed by atoms with van der Waals surface area (Å²) in [6.07, 6.45) is 0. The fourth-order valence-electron chi connectivity index (χ4n) is 1.53. The van der Waals surface area contributed by atoms with Crippen LogP contribution in [0.1, 0.15) is 11.5 Å². The maximum atomic E-state index is 10.9. The first-order valence-corrected chi connectivity index (χ1v) is 4.93. The molecule has 0 saturated heterocycles. The Balaban J connectivity index is 2.28. The number of aromatic nitrogens is 1. The molecule has 0 fully saturated rings. The van der Waals surface area contributed by atoms with Gasteiger partial charge in [-0.3, -0.25) is 0 Å². The molecule has 0 bridgehead atoms. The number of nitrogens with two attached hydrogens (primary N) is 1. The van der Waals surface area contributed by atoms with Crippen molar-refractivity contribution in [3.63, 3.8) is 0 Å². The molecule has 1 heterocycles. The lowest BCUT2D eigenvalue weighted by Crippen LogP contribution is -2.31. The number of nitrogens with zero attached hydrogens (tertiary/aromatic N) is 2. The zero-order valence-electron chi connectivity index (χ0n) is 9.23. The Morgan fingerprint density at radius 1 is 1.56 bits per heavy atom. The van der Waals surface area contributed by atoms with Gasteiger partial charge in [-0.25, -0.2) is 9.78 Å². The van der Waals surface area contributed by atoms with E-state index in [0.29, 0.717) is 12.4 Å². The molecule has 1 aromatic heterocycles. The molecule has 0 aliphatic rings. The van der Waals surface area contributed by atoms with E-state index in [2.05, 4.69) is 4.98 Å². The van der Waals surface area contributed by atoms with Crippen LogP contribution in [0, 0.1) is 6.92 Å². The van der Waals surface area contributed by atoms with Crippen LogP contribution in [0.15, 0.2) is 22.6 Å². The fraction of sp³-hybridized carbons (Fsp3) is 0.273. The van der Waals surface area contributed by atoms with E-state index in [1.165, 1.54) is 4.90 Å². The summed E-state index contributed by atoms with van der Waals surface area (Å²) in [5.74, 6) is 0.635. The van der Waals surface area contributed by atoms with Gasteiger partial charge in [0.2, 0.25) is 0 Å². The molecule has 0 saturated carbocycles. The smallest absolute Gasteiger partial charge is 0.314 e. The lowest BCUT2D eigenvalue weighted by molar-refractivity contribution is 0.216. The molecule has 84 valence electrons.